The van der Waals surface area contributed by atoms with Gasteiger partial charge in [-0.25, -0.2) is 0 Å². The van der Waals surface area contributed by atoms with Gasteiger partial charge in [0.25, 0.3) is 16.1 Å². The van der Waals surface area contributed by atoms with Crippen molar-refractivity contribution in [3.05, 3.63) is 29.8 Å². The third kappa shape index (κ3) is 5.41. The van der Waals surface area contributed by atoms with Crippen LogP contribution in [-0.4, -0.2) is 74.0 Å². The first-order valence-corrected chi connectivity index (χ1v) is 10.0. The van der Waals surface area contributed by atoms with Crippen molar-refractivity contribution < 1.29 is 23.1 Å². The molecule has 2 N–H and O–H groups in total. The number of benzene rings is 1. The summed E-state index contributed by atoms with van der Waals surface area (Å²) in [6.45, 7) is 2.65. The number of nitrogens with one attached hydrogen (secondary N) is 1. The fraction of sp³-hybridized carbons (Fsp3) is 0.588. The van der Waals surface area contributed by atoms with Crippen LogP contribution < -0.4 is 10.1 Å². The minimum Gasteiger partial charge on any atom is -0.490 e. The summed E-state index contributed by atoms with van der Waals surface area (Å²) in [5, 5.41) is 11.8. The van der Waals surface area contributed by atoms with Gasteiger partial charge in [0.05, 0.1) is 6.10 Å². The maximum atomic E-state index is 12.1. The number of rotatable bonds is 7. The van der Waals surface area contributed by atoms with Crippen molar-refractivity contribution in [2.45, 2.75) is 32.0 Å². The summed E-state index contributed by atoms with van der Waals surface area (Å²) in [6.07, 6.45) is 0.579. The lowest BCUT2D eigenvalue weighted by Crippen LogP contribution is -2.46. The normalized spacial score (nSPS) is 17.9. The Labute approximate surface area is 154 Å². The third-order valence-electron chi connectivity index (χ3n) is 4.17. The lowest BCUT2D eigenvalue weighted by Gasteiger charge is -2.32. The lowest BCUT2D eigenvalue weighted by molar-refractivity contribution is 0.0924. The van der Waals surface area contributed by atoms with Crippen molar-refractivity contribution in [2.24, 2.45) is 0 Å². The number of carbonyl (C=O) groups excluding carboxylic acids is 1. The van der Waals surface area contributed by atoms with Crippen molar-refractivity contribution >= 4 is 16.1 Å². The Morgan fingerprint density at radius 3 is 2.38 bits per heavy atom. The number of piperidine rings is 1. The second-order valence-corrected chi connectivity index (χ2v) is 8.73. The van der Waals surface area contributed by atoms with Crippen molar-refractivity contribution in [1.29, 1.82) is 0 Å². The number of amides is 1. The molecule has 1 aromatic rings. The maximum Gasteiger partial charge on any atom is 0.281 e. The van der Waals surface area contributed by atoms with Crippen LogP contribution in [0.1, 0.15) is 30.1 Å². The molecule has 0 radical (unpaired) electrons. The van der Waals surface area contributed by atoms with E-state index in [4.69, 9.17) is 4.74 Å². The quantitative estimate of drug-likeness (QED) is 0.710. The van der Waals surface area contributed by atoms with E-state index in [1.807, 2.05) is 0 Å². The zero-order valence-electron chi connectivity index (χ0n) is 15.4. The molecule has 8 nitrogen and oxygen atoms in total. The first kappa shape index (κ1) is 20.6. The van der Waals surface area contributed by atoms with Gasteiger partial charge < -0.3 is 15.2 Å². The summed E-state index contributed by atoms with van der Waals surface area (Å²) in [5.41, 5.74) is 0.491. The molecule has 1 amide bonds. The molecule has 1 saturated heterocycles. The molecule has 1 fully saturated rings. The Balaban J connectivity index is 1.86. The fourth-order valence-corrected chi connectivity index (χ4v) is 3.77. The van der Waals surface area contributed by atoms with Gasteiger partial charge in [0.2, 0.25) is 0 Å². The summed E-state index contributed by atoms with van der Waals surface area (Å²) in [5.74, 6) is 0.394. The van der Waals surface area contributed by atoms with Crippen LogP contribution in [-0.2, 0) is 10.2 Å². The van der Waals surface area contributed by atoms with E-state index in [9.17, 15) is 18.3 Å². The number of aliphatic hydroxyl groups is 1. The standard InChI is InChI=1S/C17H27N3O5S/c1-13(21)12-18-17(22)14-4-6-15(7-5-14)25-16-8-10-20(11-9-16)26(23,24)19(2)3/h4-7,13,16,21H,8-12H2,1-3H3,(H,18,22)/t13-/m0/s1. The van der Waals surface area contributed by atoms with E-state index in [2.05, 4.69) is 5.32 Å². The van der Waals surface area contributed by atoms with Gasteiger partial charge in [0.15, 0.2) is 0 Å². The van der Waals surface area contributed by atoms with Gasteiger partial charge in [0, 0.05) is 39.3 Å². The fourth-order valence-electron chi connectivity index (χ4n) is 2.63. The average Bonchev–Trinajstić information content (AvgIpc) is 2.60. The van der Waals surface area contributed by atoms with E-state index in [1.54, 1.807) is 31.2 Å². The highest BCUT2D eigenvalue weighted by Crippen LogP contribution is 2.21. The highest BCUT2D eigenvalue weighted by atomic mass is 32.2. The van der Waals surface area contributed by atoms with Crippen LogP contribution in [0, 0.1) is 0 Å². The molecule has 0 bridgehead atoms. The number of aliphatic hydroxyl groups excluding tert-OH is 1. The van der Waals surface area contributed by atoms with Crippen LogP contribution in [0.3, 0.4) is 0 Å². The zero-order chi connectivity index (χ0) is 19.3. The topological polar surface area (TPSA) is 99.2 Å². The van der Waals surface area contributed by atoms with Gasteiger partial charge in [0.1, 0.15) is 11.9 Å². The van der Waals surface area contributed by atoms with Gasteiger partial charge in [-0.3, -0.25) is 4.79 Å². The first-order valence-electron chi connectivity index (χ1n) is 8.60. The smallest absolute Gasteiger partial charge is 0.281 e. The van der Waals surface area contributed by atoms with Gasteiger partial charge >= 0.3 is 0 Å². The summed E-state index contributed by atoms with van der Waals surface area (Å²) < 4.78 is 32.8. The van der Waals surface area contributed by atoms with Gasteiger partial charge in [-0.2, -0.15) is 17.0 Å². The van der Waals surface area contributed by atoms with E-state index in [0.717, 1.165) is 0 Å². The second kappa shape index (κ2) is 8.81. The van der Waals surface area contributed by atoms with Crippen LogP contribution in [0.4, 0.5) is 0 Å². The van der Waals surface area contributed by atoms with Crippen molar-refractivity contribution in [3.63, 3.8) is 0 Å². The molecule has 1 atom stereocenters. The predicted octanol–water partition coefficient (Wildman–Crippen LogP) is 0.447. The Morgan fingerprint density at radius 2 is 1.88 bits per heavy atom. The summed E-state index contributed by atoms with van der Waals surface area (Å²) in [6, 6.07) is 6.77. The van der Waals surface area contributed by atoms with E-state index in [-0.39, 0.29) is 18.6 Å². The minimum atomic E-state index is -3.37. The van der Waals surface area contributed by atoms with Crippen LogP contribution in [0.25, 0.3) is 0 Å². The predicted molar refractivity (Wildman–Crippen MR) is 98.3 cm³/mol. The van der Waals surface area contributed by atoms with Crippen molar-refractivity contribution in [2.75, 3.05) is 33.7 Å². The largest absolute Gasteiger partial charge is 0.490 e. The number of hydrogen-bond acceptors (Lipinski definition) is 5. The maximum absolute atomic E-state index is 12.1. The molecule has 9 heteroatoms. The Kier molecular flexibility index (Phi) is 6.99. The Morgan fingerprint density at radius 1 is 1.31 bits per heavy atom. The Bertz CT molecular complexity index is 696. The van der Waals surface area contributed by atoms with Gasteiger partial charge in [-0.15, -0.1) is 0 Å². The monoisotopic (exact) mass is 385 g/mol. The molecule has 0 spiro atoms. The van der Waals surface area contributed by atoms with E-state index >= 15 is 0 Å². The molecule has 0 aromatic heterocycles. The van der Waals surface area contributed by atoms with E-state index in [0.29, 0.717) is 37.2 Å². The molecule has 0 unspecified atom stereocenters. The molecule has 1 aromatic carbocycles. The molecular weight excluding hydrogens is 358 g/mol. The number of hydrogen-bond donors (Lipinski definition) is 2. The molecule has 26 heavy (non-hydrogen) atoms. The van der Waals surface area contributed by atoms with Crippen molar-refractivity contribution in [1.82, 2.24) is 13.9 Å². The average molecular weight is 385 g/mol. The molecule has 146 valence electrons. The molecule has 1 aliphatic rings. The number of ether oxygens (including phenoxy) is 1. The third-order valence-corrected chi connectivity index (χ3v) is 6.11. The Hall–Kier alpha value is -1.68. The number of nitrogens with zero attached hydrogens (tertiary/aromatic N) is 2. The lowest BCUT2D eigenvalue weighted by atomic mass is 10.1. The van der Waals surface area contributed by atoms with E-state index in [1.165, 1.54) is 22.7 Å². The molecule has 1 heterocycles. The molecule has 0 aliphatic carbocycles. The number of carbonyl (C=O) groups is 1. The summed E-state index contributed by atoms with van der Waals surface area (Å²) >= 11 is 0. The zero-order valence-corrected chi connectivity index (χ0v) is 16.2. The van der Waals surface area contributed by atoms with E-state index < -0.39 is 16.3 Å². The minimum absolute atomic E-state index is 0.0569. The van der Waals surface area contributed by atoms with Crippen LogP contribution in [0.2, 0.25) is 0 Å². The highest BCUT2D eigenvalue weighted by molar-refractivity contribution is 7.86. The summed E-state index contributed by atoms with van der Waals surface area (Å²) in [4.78, 5) is 11.9. The van der Waals surface area contributed by atoms with Crippen LogP contribution in [0.15, 0.2) is 24.3 Å². The second-order valence-electron chi connectivity index (χ2n) is 6.59. The molecule has 2 rings (SSSR count). The van der Waals surface area contributed by atoms with Gasteiger partial charge in [-0.1, -0.05) is 0 Å². The first-order chi connectivity index (χ1) is 12.2. The molecule has 1 aliphatic heterocycles. The molecule has 0 saturated carbocycles. The molecular formula is C17H27N3O5S. The van der Waals surface area contributed by atoms with Crippen LogP contribution in [0.5, 0.6) is 5.75 Å². The van der Waals surface area contributed by atoms with Crippen LogP contribution >= 0.6 is 0 Å². The van der Waals surface area contributed by atoms with Crippen molar-refractivity contribution in [3.8, 4) is 5.75 Å². The highest BCUT2D eigenvalue weighted by Gasteiger charge is 2.30. The van der Waals surface area contributed by atoms with Gasteiger partial charge in [-0.05, 0) is 44.0 Å². The summed E-state index contributed by atoms with van der Waals surface area (Å²) in [7, 11) is -0.325. The SMILES string of the molecule is C[C@H](O)CNC(=O)c1ccc(OC2CCN(S(=O)(=O)N(C)C)CC2)cc1.